The number of carboxylic acids is 1. The minimum Gasteiger partial charge on any atom is -0.481 e. The molecule has 2 rings (SSSR count). The van der Waals surface area contributed by atoms with Gasteiger partial charge in [0.05, 0.1) is 17.7 Å². The summed E-state index contributed by atoms with van der Waals surface area (Å²) in [5.41, 5.74) is 1.68. The van der Waals surface area contributed by atoms with Crippen molar-refractivity contribution in [2.45, 2.75) is 32.7 Å². The van der Waals surface area contributed by atoms with Crippen LogP contribution in [-0.2, 0) is 16.8 Å². The van der Waals surface area contributed by atoms with E-state index in [1.54, 1.807) is 23.0 Å². The van der Waals surface area contributed by atoms with E-state index in [1.165, 1.54) is 12.1 Å². The number of rotatable bonds is 3. The maximum atomic E-state index is 13.0. The van der Waals surface area contributed by atoms with E-state index in [0.717, 1.165) is 0 Å². The molecule has 0 radical (unpaired) electrons. The first-order valence-corrected chi connectivity index (χ1v) is 6.34. The Morgan fingerprint density at radius 1 is 1.30 bits per heavy atom. The lowest BCUT2D eigenvalue weighted by atomic mass is 10.1. The van der Waals surface area contributed by atoms with Gasteiger partial charge in [0, 0.05) is 17.3 Å². The molecule has 0 aliphatic rings. The van der Waals surface area contributed by atoms with E-state index in [2.05, 4.69) is 5.10 Å². The number of aliphatic carboxylic acids is 1. The molecule has 0 aliphatic heterocycles. The predicted octanol–water partition coefficient (Wildman–Crippen LogP) is 3.07. The van der Waals surface area contributed by atoms with Gasteiger partial charge in [-0.2, -0.15) is 5.10 Å². The topological polar surface area (TPSA) is 55.1 Å². The van der Waals surface area contributed by atoms with Crippen LogP contribution in [0.4, 0.5) is 4.39 Å². The van der Waals surface area contributed by atoms with E-state index in [-0.39, 0.29) is 17.8 Å². The van der Waals surface area contributed by atoms with Gasteiger partial charge in [0.25, 0.3) is 0 Å². The molecule has 0 aliphatic carbocycles. The minimum absolute atomic E-state index is 0.108. The molecule has 0 bridgehead atoms. The molecular weight excluding hydrogens is 259 g/mol. The molecule has 0 saturated heterocycles. The van der Waals surface area contributed by atoms with Crippen LogP contribution in [0.15, 0.2) is 30.5 Å². The van der Waals surface area contributed by atoms with E-state index < -0.39 is 5.97 Å². The van der Waals surface area contributed by atoms with E-state index in [9.17, 15) is 9.18 Å². The third-order valence-corrected chi connectivity index (χ3v) is 2.94. The molecule has 1 heterocycles. The Morgan fingerprint density at radius 3 is 2.40 bits per heavy atom. The lowest BCUT2D eigenvalue weighted by Gasteiger charge is -2.18. The van der Waals surface area contributed by atoms with Gasteiger partial charge in [0.15, 0.2) is 0 Å². The maximum absolute atomic E-state index is 13.0. The van der Waals surface area contributed by atoms with Crippen molar-refractivity contribution in [2.75, 3.05) is 0 Å². The van der Waals surface area contributed by atoms with Crippen molar-refractivity contribution in [1.29, 1.82) is 0 Å². The fraction of sp³-hybridized carbons (Fsp3) is 0.333. The number of carboxylic acid groups (broad SMARTS) is 1. The summed E-state index contributed by atoms with van der Waals surface area (Å²) >= 11 is 0. The van der Waals surface area contributed by atoms with Crippen molar-refractivity contribution in [3.05, 3.63) is 41.8 Å². The Labute approximate surface area is 116 Å². The third-order valence-electron chi connectivity index (χ3n) is 2.94. The Bertz CT molecular complexity index is 624. The standard InChI is InChI=1S/C15H17FN2O2/c1-15(2,3)18-9-11(8-13(19)20)14(17-18)10-4-6-12(16)7-5-10/h4-7,9H,8H2,1-3H3,(H,19,20). The van der Waals surface area contributed by atoms with Crippen LogP contribution in [-0.4, -0.2) is 20.9 Å². The monoisotopic (exact) mass is 276 g/mol. The van der Waals surface area contributed by atoms with Gasteiger partial charge in [-0.1, -0.05) is 0 Å². The SMILES string of the molecule is CC(C)(C)n1cc(CC(=O)O)c(-c2ccc(F)cc2)n1. The molecule has 106 valence electrons. The van der Waals surface area contributed by atoms with Gasteiger partial charge in [-0.15, -0.1) is 0 Å². The largest absolute Gasteiger partial charge is 0.481 e. The lowest BCUT2D eigenvalue weighted by Crippen LogP contribution is -2.22. The highest BCUT2D eigenvalue weighted by Gasteiger charge is 2.20. The average molecular weight is 276 g/mol. The van der Waals surface area contributed by atoms with E-state index in [4.69, 9.17) is 5.11 Å². The molecule has 20 heavy (non-hydrogen) atoms. The summed E-state index contributed by atoms with van der Waals surface area (Å²) in [6.45, 7) is 5.96. The Balaban J connectivity index is 2.52. The van der Waals surface area contributed by atoms with Crippen LogP contribution in [0.1, 0.15) is 26.3 Å². The molecule has 2 aromatic rings. The van der Waals surface area contributed by atoms with Crippen molar-refractivity contribution in [1.82, 2.24) is 9.78 Å². The van der Waals surface area contributed by atoms with Crippen LogP contribution < -0.4 is 0 Å². The van der Waals surface area contributed by atoms with Crippen molar-refractivity contribution in [2.24, 2.45) is 0 Å². The van der Waals surface area contributed by atoms with Crippen LogP contribution in [0.3, 0.4) is 0 Å². The zero-order chi connectivity index (χ0) is 14.9. The highest BCUT2D eigenvalue weighted by atomic mass is 19.1. The molecule has 1 aromatic heterocycles. The van der Waals surface area contributed by atoms with Crippen molar-refractivity contribution in [3.8, 4) is 11.3 Å². The summed E-state index contributed by atoms with van der Waals surface area (Å²) in [5.74, 6) is -1.24. The van der Waals surface area contributed by atoms with Crippen LogP contribution >= 0.6 is 0 Å². The summed E-state index contributed by atoms with van der Waals surface area (Å²) in [6.07, 6.45) is 1.63. The molecule has 1 aromatic carbocycles. The number of halogens is 1. The molecule has 0 spiro atoms. The minimum atomic E-state index is -0.915. The van der Waals surface area contributed by atoms with Crippen LogP contribution in [0.25, 0.3) is 11.3 Å². The second-order valence-corrected chi connectivity index (χ2v) is 5.70. The first kappa shape index (κ1) is 14.2. The first-order valence-electron chi connectivity index (χ1n) is 6.34. The summed E-state index contributed by atoms with van der Waals surface area (Å²) in [5, 5.41) is 13.5. The van der Waals surface area contributed by atoms with E-state index in [1.807, 2.05) is 20.8 Å². The molecule has 0 atom stereocenters. The lowest BCUT2D eigenvalue weighted by molar-refractivity contribution is -0.136. The predicted molar refractivity (Wildman–Crippen MR) is 74.0 cm³/mol. The van der Waals surface area contributed by atoms with Crippen molar-refractivity contribution >= 4 is 5.97 Å². The Hall–Kier alpha value is -2.17. The zero-order valence-corrected chi connectivity index (χ0v) is 11.7. The van der Waals surface area contributed by atoms with Gasteiger partial charge in [0.1, 0.15) is 5.82 Å². The van der Waals surface area contributed by atoms with Gasteiger partial charge >= 0.3 is 5.97 Å². The number of hydrogen-bond acceptors (Lipinski definition) is 2. The van der Waals surface area contributed by atoms with Crippen LogP contribution in [0, 0.1) is 5.82 Å². The molecule has 4 nitrogen and oxygen atoms in total. The van der Waals surface area contributed by atoms with Gasteiger partial charge in [-0.25, -0.2) is 4.39 Å². The third kappa shape index (κ3) is 3.04. The van der Waals surface area contributed by atoms with Crippen LogP contribution in [0.2, 0.25) is 0 Å². The van der Waals surface area contributed by atoms with E-state index in [0.29, 0.717) is 16.8 Å². The molecular formula is C15H17FN2O2. The average Bonchev–Trinajstić information content (AvgIpc) is 2.73. The quantitative estimate of drug-likeness (QED) is 0.937. The normalized spacial score (nSPS) is 11.6. The second kappa shape index (κ2) is 5.07. The molecule has 5 heteroatoms. The number of hydrogen-bond donors (Lipinski definition) is 1. The fourth-order valence-corrected chi connectivity index (χ4v) is 1.90. The summed E-state index contributed by atoms with van der Waals surface area (Å²) in [4.78, 5) is 11.0. The Morgan fingerprint density at radius 2 is 1.90 bits per heavy atom. The molecule has 0 unspecified atom stereocenters. The molecule has 0 fully saturated rings. The highest BCUT2D eigenvalue weighted by Crippen LogP contribution is 2.26. The van der Waals surface area contributed by atoms with Crippen LogP contribution in [0.5, 0.6) is 0 Å². The number of benzene rings is 1. The zero-order valence-electron chi connectivity index (χ0n) is 11.7. The summed E-state index contributed by atoms with van der Waals surface area (Å²) in [6, 6.07) is 5.90. The highest BCUT2D eigenvalue weighted by molar-refractivity contribution is 5.74. The molecule has 0 amide bonds. The smallest absolute Gasteiger partial charge is 0.307 e. The summed E-state index contributed by atoms with van der Waals surface area (Å²) in [7, 11) is 0. The number of nitrogens with zero attached hydrogens (tertiary/aromatic N) is 2. The van der Waals surface area contributed by atoms with Crippen molar-refractivity contribution in [3.63, 3.8) is 0 Å². The van der Waals surface area contributed by atoms with E-state index >= 15 is 0 Å². The number of carbonyl (C=O) groups is 1. The molecule has 0 saturated carbocycles. The Kier molecular flexibility index (Phi) is 3.61. The number of aromatic nitrogens is 2. The molecule has 1 N–H and O–H groups in total. The summed E-state index contributed by atoms with van der Waals surface area (Å²) < 4.78 is 14.7. The van der Waals surface area contributed by atoms with Gasteiger partial charge in [0.2, 0.25) is 0 Å². The first-order chi connectivity index (χ1) is 9.27. The van der Waals surface area contributed by atoms with Crippen molar-refractivity contribution < 1.29 is 14.3 Å². The second-order valence-electron chi connectivity index (χ2n) is 5.70. The van der Waals surface area contributed by atoms with Gasteiger partial charge in [-0.3, -0.25) is 9.48 Å². The van der Waals surface area contributed by atoms with Gasteiger partial charge in [-0.05, 0) is 45.0 Å². The fourth-order valence-electron chi connectivity index (χ4n) is 1.90. The van der Waals surface area contributed by atoms with Gasteiger partial charge < -0.3 is 5.11 Å². The maximum Gasteiger partial charge on any atom is 0.307 e.